The number of carbonyl (C=O) groups excluding carboxylic acids is 1. The van der Waals surface area contributed by atoms with Crippen molar-refractivity contribution in [2.24, 2.45) is 10.2 Å². The first kappa shape index (κ1) is 25.7. The van der Waals surface area contributed by atoms with E-state index in [1.807, 2.05) is 12.1 Å². The smallest absolute Gasteiger partial charge is 0.369 e. The highest BCUT2D eigenvalue weighted by molar-refractivity contribution is 5.93. The average molecular weight is 473 g/mol. The van der Waals surface area contributed by atoms with Crippen molar-refractivity contribution in [1.29, 1.82) is 10.5 Å². The molecule has 0 bridgehead atoms. The molecule has 0 aromatic heterocycles. The highest BCUT2D eigenvalue weighted by atomic mass is 19.4. The van der Waals surface area contributed by atoms with Crippen molar-refractivity contribution in [2.75, 3.05) is 23.3 Å². The summed E-state index contributed by atoms with van der Waals surface area (Å²) in [4.78, 5) is 23.3. The van der Waals surface area contributed by atoms with E-state index in [1.54, 1.807) is 11.0 Å². The lowest BCUT2D eigenvalue weighted by Crippen LogP contribution is -2.25. The first-order valence-electron chi connectivity index (χ1n) is 9.74. The Labute approximate surface area is 192 Å². The molecule has 0 aliphatic heterocycles. The summed E-state index contributed by atoms with van der Waals surface area (Å²) in [5, 5.41) is 38.5. The summed E-state index contributed by atoms with van der Waals surface area (Å²) in [5.41, 5.74) is -1.99. The predicted molar refractivity (Wildman–Crippen MR) is 116 cm³/mol. The van der Waals surface area contributed by atoms with Gasteiger partial charge in [0.15, 0.2) is 0 Å². The Morgan fingerprint density at radius 2 is 1.68 bits per heavy atom. The predicted octanol–water partition coefficient (Wildman–Crippen LogP) is 5.62. The third-order valence-corrected chi connectivity index (χ3v) is 4.40. The number of anilines is 2. The van der Waals surface area contributed by atoms with Crippen LogP contribution in [0.15, 0.2) is 46.6 Å². The summed E-state index contributed by atoms with van der Waals surface area (Å²) in [7, 11) is 0. The Balaban J connectivity index is 2.49. The number of nitrogens with one attached hydrogen (secondary N) is 1. The first-order chi connectivity index (χ1) is 16.1. The number of azo groups is 1. The molecule has 0 fully saturated rings. The van der Waals surface area contributed by atoms with Crippen LogP contribution in [0.5, 0.6) is 0 Å². The van der Waals surface area contributed by atoms with Crippen LogP contribution < -0.4 is 10.2 Å². The zero-order chi connectivity index (χ0) is 25.3. The second kappa shape index (κ2) is 11.4. The van der Waals surface area contributed by atoms with Crippen LogP contribution in [0.4, 0.5) is 41.6 Å². The van der Waals surface area contributed by atoms with Crippen LogP contribution in [0.25, 0.3) is 0 Å². The standard InChI is InChI=1S/C21H18F3N7O3/c1-14(32)27-20-13-15(30(10-2-8-25)11-3-9-26)4-7-19(20)29-28-18-6-5-16(31(33)34)12-17(18)21(22,23)24/h4-7,12-13H,2-3,10-11H2,1H3,(H,27,32). The second-order valence-corrected chi connectivity index (χ2v) is 6.84. The maximum atomic E-state index is 13.4. The van der Waals surface area contributed by atoms with Crippen molar-refractivity contribution >= 4 is 34.3 Å². The average Bonchev–Trinajstić information content (AvgIpc) is 2.77. The molecule has 0 radical (unpaired) electrons. The summed E-state index contributed by atoms with van der Waals surface area (Å²) >= 11 is 0. The normalized spacial score (nSPS) is 11.0. The van der Waals surface area contributed by atoms with Gasteiger partial charge in [-0.3, -0.25) is 14.9 Å². The number of non-ortho nitro benzene ring substituents is 1. The molecule has 0 heterocycles. The van der Waals surface area contributed by atoms with Gasteiger partial charge in [0, 0.05) is 37.8 Å². The Morgan fingerprint density at radius 3 is 2.21 bits per heavy atom. The number of nitriles is 2. The van der Waals surface area contributed by atoms with Crippen molar-refractivity contribution in [3.05, 3.63) is 52.1 Å². The molecule has 0 aliphatic carbocycles. The van der Waals surface area contributed by atoms with E-state index in [0.29, 0.717) is 24.8 Å². The molecule has 2 aromatic rings. The molecule has 0 saturated heterocycles. The van der Waals surface area contributed by atoms with Gasteiger partial charge in [0.2, 0.25) is 5.91 Å². The van der Waals surface area contributed by atoms with Crippen molar-refractivity contribution in [2.45, 2.75) is 25.9 Å². The number of rotatable bonds is 9. The Hall–Kier alpha value is -4.52. The molecule has 176 valence electrons. The SMILES string of the molecule is CC(=O)Nc1cc(N(CCC#N)CCC#N)ccc1N=Nc1ccc([N+](=O)[O-])cc1C(F)(F)F. The summed E-state index contributed by atoms with van der Waals surface area (Å²) in [6.07, 6.45) is -4.54. The fourth-order valence-corrected chi connectivity index (χ4v) is 2.90. The zero-order valence-corrected chi connectivity index (χ0v) is 17.8. The van der Waals surface area contributed by atoms with Crippen molar-refractivity contribution in [3.8, 4) is 12.1 Å². The molecule has 0 atom stereocenters. The minimum absolute atomic E-state index is 0.0333. The van der Waals surface area contributed by atoms with E-state index >= 15 is 0 Å². The third kappa shape index (κ3) is 7.00. The molecule has 1 N–H and O–H groups in total. The number of amides is 1. The van der Waals surface area contributed by atoms with E-state index in [4.69, 9.17) is 10.5 Å². The fourth-order valence-electron chi connectivity index (χ4n) is 2.90. The Morgan fingerprint density at radius 1 is 1.09 bits per heavy atom. The van der Waals surface area contributed by atoms with Crippen molar-refractivity contribution in [1.82, 2.24) is 0 Å². The van der Waals surface area contributed by atoms with E-state index in [2.05, 4.69) is 15.5 Å². The van der Waals surface area contributed by atoms with Gasteiger partial charge in [-0.2, -0.15) is 23.7 Å². The van der Waals surface area contributed by atoms with Crippen LogP contribution in [0.2, 0.25) is 0 Å². The van der Waals surface area contributed by atoms with Gasteiger partial charge in [-0.1, -0.05) is 0 Å². The van der Waals surface area contributed by atoms with Crippen LogP contribution in [0.1, 0.15) is 25.3 Å². The minimum atomic E-state index is -4.91. The van der Waals surface area contributed by atoms with Gasteiger partial charge in [-0.05, 0) is 24.3 Å². The summed E-state index contributed by atoms with van der Waals surface area (Å²) in [5.74, 6) is -0.472. The van der Waals surface area contributed by atoms with E-state index in [-0.39, 0.29) is 24.2 Å². The zero-order valence-electron chi connectivity index (χ0n) is 17.8. The fraction of sp³-hybridized carbons (Fsp3) is 0.286. The van der Waals surface area contributed by atoms with Crippen LogP contribution in [-0.2, 0) is 11.0 Å². The number of nitro groups is 1. The number of nitrogens with zero attached hydrogens (tertiary/aromatic N) is 6. The van der Waals surface area contributed by atoms with Gasteiger partial charge < -0.3 is 10.2 Å². The van der Waals surface area contributed by atoms with Gasteiger partial charge in [0.05, 0.1) is 46.8 Å². The molecule has 34 heavy (non-hydrogen) atoms. The maximum Gasteiger partial charge on any atom is 0.418 e. The number of nitro benzene ring substituents is 1. The summed E-state index contributed by atoms with van der Waals surface area (Å²) < 4.78 is 40.1. The van der Waals surface area contributed by atoms with E-state index in [0.717, 1.165) is 12.1 Å². The first-order valence-corrected chi connectivity index (χ1v) is 9.74. The molecule has 13 heteroatoms. The molecular weight excluding hydrogens is 455 g/mol. The Bertz CT molecular complexity index is 1170. The monoisotopic (exact) mass is 473 g/mol. The van der Waals surface area contributed by atoms with Gasteiger partial charge in [-0.25, -0.2) is 0 Å². The lowest BCUT2D eigenvalue weighted by atomic mass is 10.1. The van der Waals surface area contributed by atoms with Gasteiger partial charge in [-0.15, -0.1) is 10.2 Å². The number of halogens is 3. The minimum Gasteiger partial charge on any atom is -0.369 e. The molecule has 0 aliphatic rings. The molecule has 0 unspecified atom stereocenters. The van der Waals surface area contributed by atoms with E-state index in [9.17, 15) is 28.1 Å². The van der Waals surface area contributed by atoms with Crippen LogP contribution >= 0.6 is 0 Å². The molecule has 2 aromatic carbocycles. The molecule has 0 spiro atoms. The lowest BCUT2D eigenvalue weighted by molar-refractivity contribution is -0.385. The topological polar surface area (TPSA) is 148 Å². The molecular formula is C21H18F3N7O3. The van der Waals surface area contributed by atoms with E-state index in [1.165, 1.54) is 19.1 Å². The largest absolute Gasteiger partial charge is 0.418 e. The van der Waals surface area contributed by atoms with Gasteiger partial charge in [0.1, 0.15) is 5.69 Å². The third-order valence-electron chi connectivity index (χ3n) is 4.40. The summed E-state index contributed by atoms with van der Waals surface area (Å²) in [6.45, 7) is 1.86. The molecule has 2 rings (SSSR count). The highest BCUT2D eigenvalue weighted by Gasteiger charge is 2.35. The number of benzene rings is 2. The number of hydrogen-bond donors (Lipinski definition) is 1. The summed E-state index contributed by atoms with van der Waals surface area (Å²) in [6, 6.07) is 10.6. The molecule has 10 nitrogen and oxygen atoms in total. The van der Waals surface area contributed by atoms with Crippen LogP contribution in [0, 0.1) is 32.8 Å². The maximum absolute atomic E-state index is 13.4. The van der Waals surface area contributed by atoms with Crippen molar-refractivity contribution in [3.63, 3.8) is 0 Å². The van der Waals surface area contributed by atoms with Crippen LogP contribution in [-0.4, -0.2) is 23.9 Å². The number of hydrogen-bond acceptors (Lipinski definition) is 8. The lowest BCUT2D eigenvalue weighted by Gasteiger charge is -2.23. The molecule has 0 saturated carbocycles. The van der Waals surface area contributed by atoms with Gasteiger partial charge in [0.25, 0.3) is 5.69 Å². The van der Waals surface area contributed by atoms with Gasteiger partial charge >= 0.3 is 6.18 Å². The number of alkyl halides is 3. The second-order valence-electron chi connectivity index (χ2n) is 6.84. The Kier molecular flexibility index (Phi) is 8.61. The van der Waals surface area contributed by atoms with Crippen LogP contribution in [0.3, 0.4) is 0 Å². The molecule has 1 amide bonds. The quantitative estimate of drug-likeness (QED) is 0.284. The highest BCUT2D eigenvalue weighted by Crippen LogP contribution is 2.40. The van der Waals surface area contributed by atoms with E-state index < -0.39 is 33.9 Å². The number of carbonyl (C=O) groups is 1. The van der Waals surface area contributed by atoms with Crippen molar-refractivity contribution < 1.29 is 22.9 Å².